The highest BCUT2D eigenvalue weighted by Gasteiger charge is 2.10. The van der Waals surface area contributed by atoms with Gasteiger partial charge in [-0.15, -0.1) is 23.1 Å². The number of nitrogens with one attached hydrogen (secondary N) is 1. The van der Waals surface area contributed by atoms with Crippen molar-refractivity contribution in [3.63, 3.8) is 0 Å². The van der Waals surface area contributed by atoms with Gasteiger partial charge < -0.3 is 9.63 Å². The largest absolute Gasteiger partial charge is 0.477 e. The summed E-state index contributed by atoms with van der Waals surface area (Å²) in [5, 5.41) is 16.7. The van der Waals surface area contributed by atoms with Crippen LogP contribution < -0.4 is 5.32 Å². The molecule has 2 aromatic heterocycles. The molecule has 0 saturated heterocycles. The quantitative estimate of drug-likeness (QED) is 0.824. The minimum absolute atomic E-state index is 0.176. The number of amides is 1. The lowest BCUT2D eigenvalue weighted by molar-refractivity contribution is -0.113. The van der Waals surface area contributed by atoms with Gasteiger partial charge in [0.15, 0.2) is 0 Å². The lowest BCUT2D eigenvalue weighted by Gasteiger charge is -1.99. The number of nitrogens with zero attached hydrogens (tertiary/aromatic N) is 1. The van der Waals surface area contributed by atoms with Gasteiger partial charge in [0.1, 0.15) is 4.88 Å². The summed E-state index contributed by atoms with van der Waals surface area (Å²) in [6, 6.07) is 3.17. The second-order valence-electron chi connectivity index (χ2n) is 3.62. The Hall–Kier alpha value is -1.80. The van der Waals surface area contributed by atoms with Crippen LogP contribution in [0.3, 0.4) is 0 Å². The Bertz CT molecular complexity index is 605. The second-order valence-corrected chi connectivity index (χ2v) is 5.58. The number of thiophene rings is 1. The molecule has 0 aromatic carbocycles. The number of aryl methyl sites for hydroxylation is 1. The molecule has 0 fully saturated rings. The Morgan fingerprint density at radius 2 is 2.32 bits per heavy atom. The topological polar surface area (TPSA) is 92.4 Å². The molecule has 2 heterocycles. The standard InChI is InChI=1S/C11H10N2O4S2/c1-6-2-10(17-13-6)12-9(14)5-18-7-3-8(11(15)16)19-4-7/h2-4H,5H2,1H3,(H,12,14)(H,15,16). The molecule has 100 valence electrons. The summed E-state index contributed by atoms with van der Waals surface area (Å²) in [5.74, 6) is -0.711. The number of aromatic nitrogens is 1. The normalized spacial score (nSPS) is 10.4. The predicted molar refractivity (Wildman–Crippen MR) is 71.9 cm³/mol. The minimum Gasteiger partial charge on any atom is -0.477 e. The van der Waals surface area contributed by atoms with Crippen LogP contribution >= 0.6 is 23.1 Å². The average Bonchev–Trinajstić information content (AvgIpc) is 2.96. The van der Waals surface area contributed by atoms with Gasteiger partial charge in [0.05, 0.1) is 11.4 Å². The highest BCUT2D eigenvalue weighted by Crippen LogP contribution is 2.25. The maximum Gasteiger partial charge on any atom is 0.345 e. The van der Waals surface area contributed by atoms with Gasteiger partial charge in [-0.1, -0.05) is 5.16 Å². The fraction of sp³-hybridized carbons (Fsp3) is 0.182. The minimum atomic E-state index is -0.960. The van der Waals surface area contributed by atoms with Crippen LogP contribution in [0.15, 0.2) is 26.9 Å². The molecule has 0 spiro atoms. The Morgan fingerprint density at radius 3 is 2.89 bits per heavy atom. The van der Waals surface area contributed by atoms with E-state index in [-0.39, 0.29) is 16.5 Å². The van der Waals surface area contributed by atoms with Gasteiger partial charge in [-0.25, -0.2) is 4.79 Å². The summed E-state index contributed by atoms with van der Waals surface area (Å²) < 4.78 is 4.86. The molecule has 0 atom stereocenters. The first-order chi connectivity index (χ1) is 9.04. The molecule has 0 bridgehead atoms. The third-order valence-electron chi connectivity index (χ3n) is 2.05. The van der Waals surface area contributed by atoms with E-state index in [0.717, 1.165) is 16.2 Å². The van der Waals surface area contributed by atoms with E-state index >= 15 is 0 Å². The molecule has 2 aromatic rings. The summed E-state index contributed by atoms with van der Waals surface area (Å²) in [7, 11) is 0. The monoisotopic (exact) mass is 298 g/mol. The van der Waals surface area contributed by atoms with Gasteiger partial charge in [-0.05, 0) is 13.0 Å². The van der Waals surface area contributed by atoms with Crippen LogP contribution in [-0.4, -0.2) is 27.9 Å². The van der Waals surface area contributed by atoms with E-state index in [1.807, 2.05) is 0 Å². The number of hydrogen-bond acceptors (Lipinski definition) is 6. The number of thioether (sulfide) groups is 1. The van der Waals surface area contributed by atoms with Crippen molar-refractivity contribution >= 4 is 40.9 Å². The van der Waals surface area contributed by atoms with Crippen LogP contribution in [0.4, 0.5) is 5.88 Å². The highest BCUT2D eigenvalue weighted by atomic mass is 32.2. The lowest BCUT2D eigenvalue weighted by Crippen LogP contribution is -2.13. The Balaban J connectivity index is 1.84. The van der Waals surface area contributed by atoms with Crippen LogP contribution in [-0.2, 0) is 4.79 Å². The van der Waals surface area contributed by atoms with Gasteiger partial charge >= 0.3 is 5.97 Å². The van der Waals surface area contributed by atoms with E-state index in [0.29, 0.717) is 11.6 Å². The van der Waals surface area contributed by atoms with Crippen molar-refractivity contribution in [2.45, 2.75) is 11.8 Å². The Kier molecular flexibility index (Phi) is 4.23. The molecule has 0 aliphatic rings. The molecular weight excluding hydrogens is 288 g/mol. The number of aromatic carboxylic acids is 1. The highest BCUT2D eigenvalue weighted by molar-refractivity contribution is 8.00. The lowest BCUT2D eigenvalue weighted by atomic mass is 10.5. The Morgan fingerprint density at radius 1 is 1.53 bits per heavy atom. The first-order valence-electron chi connectivity index (χ1n) is 5.22. The van der Waals surface area contributed by atoms with E-state index in [9.17, 15) is 9.59 Å². The average molecular weight is 298 g/mol. The number of carbonyl (C=O) groups is 2. The molecule has 0 unspecified atom stereocenters. The molecule has 1 amide bonds. The molecule has 2 N–H and O–H groups in total. The molecule has 6 nitrogen and oxygen atoms in total. The van der Waals surface area contributed by atoms with Crippen LogP contribution in [0.25, 0.3) is 0 Å². The van der Waals surface area contributed by atoms with E-state index in [1.54, 1.807) is 24.4 Å². The molecule has 0 radical (unpaired) electrons. The van der Waals surface area contributed by atoms with Gasteiger partial charge in [-0.2, -0.15) is 0 Å². The summed E-state index contributed by atoms with van der Waals surface area (Å²) >= 11 is 2.40. The van der Waals surface area contributed by atoms with Crippen molar-refractivity contribution in [1.29, 1.82) is 0 Å². The number of carbonyl (C=O) groups excluding carboxylic acids is 1. The SMILES string of the molecule is Cc1cc(NC(=O)CSc2csc(C(=O)O)c2)on1. The van der Waals surface area contributed by atoms with Gasteiger partial charge in [0, 0.05) is 16.3 Å². The zero-order valence-corrected chi connectivity index (χ0v) is 11.5. The van der Waals surface area contributed by atoms with Gasteiger partial charge in [0.2, 0.25) is 11.8 Å². The van der Waals surface area contributed by atoms with Crippen LogP contribution in [0.2, 0.25) is 0 Å². The van der Waals surface area contributed by atoms with Crippen molar-refractivity contribution in [1.82, 2.24) is 5.16 Å². The molecule has 2 rings (SSSR count). The van der Waals surface area contributed by atoms with Crippen LogP contribution in [0.5, 0.6) is 0 Å². The second kappa shape index (κ2) is 5.89. The smallest absolute Gasteiger partial charge is 0.345 e. The van der Waals surface area contributed by atoms with Crippen LogP contribution in [0, 0.1) is 6.92 Å². The number of carboxylic acid groups (broad SMARTS) is 1. The van der Waals surface area contributed by atoms with Gasteiger partial charge in [0.25, 0.3) is 0 Å². The predicted octanol–water partition coefficient (Wildman–Crippen LogP) is 2.47. The molecular formula is C11H10N2O4S2. The molecule has 0 aliphatic heterocycles. The van der Waals surface area contributed by atoms with Crippen LogP contribution in [0.1, 0.15) is 15.4 Å². The summed E-state index contributed by atoms with van der Waals surface area (Å²) in [5.41, 5.74) is 0.687. The van der Waals surface area contributed by atoms with Crippen molar-refractivity contribution in [3.8, 4) is 0 Å². The number of rotatable bonds is 5. The number of hydrogen-bond donors (Lipinski definition) is 2. The third kappa shape index (κ3) is 3.83. The van der Waals surface area contributed by atoms with Crippen molar-refractivity contribution in [2.75, 3.05) is 11.1 Å². The fourth-order valence-electron chi connectivity index (χ4n) is 1.25. The number of anilines is 1. The zero-order chi connectivity index (χ0) is 13.8. The first kappa shape index (κ1) is 13.6. The maximum absolute atomic E-state index is 11.6. The van der Waals surface area contributed by atoms with Crippen molar-refractivity contribution in [2.24, 2.45) is 0 Å². The third-order valence-corrected chi connectivity index (χ3v) is 4.09. The summed E-state index contributed by atoms with van der Waals surface area (Å²) in [6.07, 6.45) is 0. The van der Waals surface area contributed by atoms with Crippen molar-refractivity contribution in [3.05, 3.63) is 28.1 Å². The first-order valence-corrected chi connectivity index (χ1v) is 7.09. The molecule has 19 heavy (non-hydrogen) atoms. The summed E-state index contributed by atoms with van der Waals surface area (Å²) in [4.78, 5) is 23.3. The van der Waals surface area contributed by atoms with Gasteiger partial charge in [-0.3, -0.25) is 10.1 Å². The van der Waals surface area contributed by atoms with E-state index in [4.69, 9.17) is 9.63 Å². The Labute approximate surface area is 116 Å². The maximum atomic E-state index is 11.6. The molecule has 8 heteroatoms. The van der Waals surface area contributed by atoms with Crippen molar-refractivity contribution < 1.29 is 19.2 Å². The summed E-state index contributed by atoms with van der Waals surface area (Å²) in [6.45, 7) is 1.76. The fourth-order valence-corrected chi connectivity index (χ4v) is 2.92. The number of carboxylic acids is 1. The van der Waals surface area contributed by atoms with E-state index < -0.39 is 5.97 Å². The molecule has 0 saturated carbocycles. The zero-order valence-electron chi connectivity index (χ0n) is 9.87. The molecule has 0 aliphatic carbocycles. The van der Waals surface area contributed by atoms with E-state index in [2.05, 4.69) is 10.5 Å². The van der Waals surface area contributed by atoms with E-state index in [1.165, 1.54) is 11.8 Å².